The summed E-state index contributed by atoms with van der Waals surface area (Å²) in [6.07, 6.45) is 21.7. The first kappa shape index (κ1) is 35.0. The van der Waals surface area contributed by atoms with Gasteiger partial charge in [-0.3, -0.25) is 0 Å². The number of hydrogen-bond acceptors (Lipinski definition) is 2. The van der Waals surface area contributed by atoms with E-state index in [2.05, 4.69) is 73.6 Å². The van der Waals surface area contributed by atoms with E-state index in [-0.39, 0.29) is 5.41 Å². The van der Waals surface area contributed by atoms with Crippen LogP contribution in [0.2, 0.25) is 0 Å². The van der Waals surface area contributed by atoms with Gasteiger partial charge in [-0.1, -0.05) is 88.5 Å². The molecule has 3 heteroatoms. The zero-order chi connectivity index (χ0) is 32.4. The van der Waals surface area contributed by atoms with Crippen LogP contribution in [0.15, 0.2) is 53.3 Å². The molecule has 3 fully saturated rings. The smallest absolute Gasteiger partial charge is 0.113 e. The Morgan fingerprint density at radius 1 is 1.02 bits per heavy atom. The number of rotatable bonds is 7. The van der Waals surface area contributed by atoms with Crippen LogP contribution in [0.25, 0.3) is 0 Å². The minimum Gasteiger partial charge on any atom is -0.403 e. The van der Waals surface area contributed by atoms with E-state index in [1.807, 2.05) is 25.1 Å². The third-order valence-electron chi connectivity index (χ3n) is 13.5. The molecule has 9 unspecified atom stereocenters. The first-order chi connectivity index (χ1) is 20.7. The molecule has 4 N–H and O–H groups in total. The summed E-state index contributed by atoms with van der Waals surface area (Å²) in [6.45, 7) is 21.4. The van der Waals surface area contributed by atoms with Crippen LogP contribution in [0, 0.1) is 51.8 Å². The van der Waals surface area contributed by atoms with Crippen molar-refractivity contribution in [2.45, 2.75) is 133 Å². The maximum atomic E-state index is 6.50. The molecule has 0 heterocycles. The normalized spacial score (nSPS) is 37.0. The standard InChI is InChI=1S/C36H54BN.C5H11N/c1-23(2)9-8-10-24(3)29-14-15-30-28-13-16-33-35(6,31(28)18-20-34(29,30)5)19-17-25(4)36(33,7)22-26-11-12-27(37)21-32(26)38;1-3-4-5(2)6/h9,11-12,16,21,24-25,28-31H,8,10,13-15,17-20,22,38H2,1-7H3;4H,3,6H2,1-2H3/b;5-4+. The largest absolute Gasteiger partial charge is 0.403 e. The van der Waals surface area contributed by atoms with Crippen LogP contribution in [0.5, 0.6) is 0 Å². The summed E-state index contributed by atoms with van der Waals surface area (Å²) in [5.41, 5.74) is 19.9. The molecule has 2 nitrogen and oxygen atoms in total. The van der Waals surface area contributed by atoms with E-state index in [4.69, 9.17) is 19.3 Å². The second kappa shape index (κ2) is 13.8. The first-order valence-corrected chi connectivity index (χ1v) is 18.1. The SMILES string of the molecule is CC/C=C(\C)N.[B]c1ccc(CC2(C)C3=CCC4C(CCC5(C)C(C(C)CCC=C(C)C)CCC45)C3(C)CCC2C)c(N)c1. The number of nitrogens with two attached hydrogens (primary N) is 2. The lowest BCUT2D eigenvalue weighted by atomic mass is 9.42. The summed E-state index contributed by atoms with van der Waals surface area (Å²) in [6, 6.07) is 6.17. The fraction of sp³-hybridized carbons (Fsp3) is 0.707. The summed E-state index contributed by atoms with van der Waals surface area (Å²) < 4.78 is 0. The minimum atomic E-state index is 0.167. The van der Waals surface area contributed by atoms with Gasteiger partial charge in [0.15, 0.2) is 0 Å². The predicted molar refractivity (Wildman–Crippen MR) is 194 cm³/mol. The molecule has 0 saturated heterocycles. The van der Waals surface area contributed by atoms with Gasteiger partial charge in [0.05, 0.1) is 0 Å². The van der Waals surface area contributed by atoms with Crippen molar-refractivity contribution in [1.29, 1.82) is 0 Å². The van der Waals surface area contributed by atoms with Crippen molar-refractivity contribution in [3.8, 4) is 0 Å². The highest BCUT2D eigenvalue weighted by molar-refractivity contribution is 6.32. The topological polar surface area (TPSA) is 52.0 Å². The molecule has 4 aliphatic rings. The highest BCUT2D eigenvalue weighted by Crippen LogP contribution is 2.70. The van der Waals surface area contributed by atoms with E-state index in [0.29, 0.717) is 16.7 Å². The monoisotopic (exact) mass is 597 g/mol. The Balaban J connectivity index is 0.000000670. The number of allylic oxidation sites excluding steroid dienone is 6. The Morgan fingerprint density at radius 3 is 2.36 bits per heavy atom. The van der Waals surface area contributed by atoms with Crippen LogP contribution in [-0.4, -0.2) is 7.85 Å². The molecule has 1 aromatic rings. The number of hydrogen-bond donors (Lipinski definition) is 2. The molecule has 0 aliphatic heterocycles. The second-order valence-corrected chi connectivity index (χ2v) is 16.6. The molecule has 9 atom stereocenters. The van der Waals surface area contributed by atoms with Crippen molar-refractivity contribution in [2.24, 2.45) is 57.5 Å². The fourth-order valence-electron chi connectivity index (χ4n) is 11.0. The van der Waals surface area contributed by atoms with Gasteiger partial charge in [-0.25, -0.2) is 0 Å². The Morgan fingerprint density at radius 2 is 1.75 bits per heavy atom. The Kier molecular flexibility index (Phi) is 11.0. The first-order valence-electron chi connectivity index (χ1n) is 18.1. The molecule has 2 radical (unpaired) electrons. The Hall–Kier alpha value is -1.90. The maximum Gasteiger partial charge on any atom is 0.113 e. The van der Waals surface area contributed by atoms with Gasteiger partial charge in [-0.15, -0.1) is 0 Å². The molecule has 0 amide bonds. The van der Waals surface area contributed by atoms with Crippen LogP contribution in [0.1, 0.15) is 132 Å². The molecule has 242 valence electrons. The third-order valence-corrected chi connectivity index (χ3v) is 13.5. The van der Waals surface area contributed by atoms with Crippen LogP contribution in [0.4, 0.5) is 5.69 Å². The molecule has 0 bridgehead atoms. The zero-order valence-electron chi connectivity index (χ0n) is 29.9. The minimum absolute atomic E-state index is 0.167. The Bertz CT molecular complexity index is 1230. The summed E-state index contributed by atoms with van der Waals surface area (Å²) in [4.78, 5) is 0. The van der Waals surface area contributed by atoms with Gasteiger partial charge in [0, 0.05) is 11.4 Å². The highest BCUT2D eigenvalue weighted by Gasteiger charge is 2.61. The lowest BCUT2D eigenvalue weighted by Gasteiger charge is -2.62. The quantitative estimate of drug-likeness (QED) is 0.187. The van der Waals surface area contributed by atoms with Gasteiger partial charge in [0.25, 0.3) is 0 Å². The predicted octanol–water partition coefficient (Wildman–Crippen LogP) is 10.1. The van der Waals surface area contributed by atoms with Gasteiger partial charge < -0.3 is 11.5 Å². The van der Waals surface area contributed by atoms with E-state index in [0.717, 1.165) is 59.3 Å². The van der Waals surface area contributed by atoms with Crippen LogP contribution >= 0.6 is 0 Å². The van der Waals surface area contributed by atoms with Crippen LogP contribution in [0.3, 0.4) is 0 Å². The number of benzene rings is 1. The molecule has 44 heavy (non-hydrogen) atoms. The van der Waals surface area contributed by atoms with Crippen molar-refractivity contribution in [2.75, 3.05) is 5.73 Å². The average molecular weight is 597 g/mol. The Labute approximate surface area is 273 Å². The summed E-state index contributed by atoms with van der Waals surface area (Å²) >= 11 is 0. The van der Waals surface area contributed by atoms with Gasteiger partial charge in [-0.05, 0) is 155 Å². The van der Waals surface area contributed by atoms with Gasteiger partial charge in [0.2, 0.25) is 0 Å². The van der Waals surface area contributed by atoms with Crippen molar-refractivity contribution in [1.82, 2.24) is 0 Å². The molecule has 4 aliphatic carbocycles. The summed E-state index contributed by atoms with van der Waals surface area (Å²) in [5.74, 6) is 5.04. The number of anilines is 1. The average Bonchev–Trinajstić information content (AvgIpc) is 3.30. The van der Waals surface area contributed by atoms with Crippen molar-refractivity contribution in [3.05, 3.63) is 58.8 Å². The van der Waals surface area contributed by atoms with Crippen molar-refractivity contribution in [3.63, 3.8) is 0 Å². The number of fused-ring (bicyclic) bond motifs is 5. The van der Waals surface area contributed by atoms with E-state index in [9.17, 15) is 0 Å². The lowest BCUT2D eigenvalue weighted by molar-refractivity contribution is -0.0655. The van der Waals surface area contributed by atoms with Crippen molar-refractivity contribution < 1.29 is 0 Å². The van der Waals surface area contributed by atoms with E-state index >= 15 is 0 Å². The molecule has 1 aromatic carbocycles. The molecule has 0 spiro atoms. The third kappa shape index (κ3) is 6.78. The summed E-state index contributed by atoms with van der Waals surface area (Å²) in [7, 11) is 6.04. The van der Waals surface area contributed by atoms with E-state index in [1.54, 1.807) is 5.57 Å². The molecule has 3 saturated carbocycles. The number of nitrogen functional groups attached to an aromatic ring is 1. The molecule has 0 aromatic heterocycles. The summed E-state index contributed by atoms with van der Waals surface area (Å²) in [5, 5.41) is 0. The van der Waals surface area contributed by atoms with Gasteiger partial charge in [-0.2, -0.15) is 0 Å². The maximum absolute atomic E-state index is 6.50. The fourth-order valence-corrected chi connectivity index (χ4v) is 11.0. The van der Waals surface area contributed by atoms with Crippen LogP contribution in [-0.2, 0) is 6.42 Å². The molecule has 5 rings (SSSR count). The molecular weight excluding hydrogens is 531 g/mol. The highest BCUT2D eigenvalue weighted by atomic mass is 14.7. The lowest BCUT2D eigenvalue weighted by Crippen LogP contribution is -2.54. The van der Waals surface area contributed by atoms with Gasteiger partial charge in [0.1, 0.15) is 7.85 Å². The van der Waals surface area contributed by atoms with E-state index < -0.39 is 0 Å². The molecular formula is C41H65BN2. The van der Waals surface area contributed by atoms with Crippen LogP contribution < -0.4 is 16.9 Å². The zero-order valence-corrected chi connectivity index (χ0v) is 29.9. The van der Waals surface area contributed by atoms with Crippen molar-refractivity contribution >= 4 is 19.0 Å². The second-order valence-electron chi connectivity index (χ2n) is 16.6. The van der Waals surface area contributed by atoms with Gasteiger partial charge >= 0.3 is 0 Å². The van der Waals surface area contributed by atoms with E-state index in [1.165, 1.54) is 68.9 Å².